The molecule has 0 saturated carbocycles. The zero-order valence-electron chi connectivity index (χ0n) is 9.78. The minimum Gasteiger partial charge on any atom is -0.0672 e. The number of rotatable bonds is 8. The molecule has 0 aliphatic heterocycles. The normalized spacial score (nSPS) is 14.4. The molecule has 0 aliphatic rings. The molecule has 14 heavy (non-hydrogen) atoms. The second-order valence-corrected chi connectivity index (χ2v) is 11.0. The molecule has 86 valence electrons. The van der Waals surface area contributed by atoms with Crippen molar-refractivity contribution in [2.45, 2.75) is 67.1 Å². The summed E-state index contributed by atoms with van der Waals surface area (Å²) in [5, 5.41) is 0. The topological polar surface area (TPSA) is 0 Å². The number of halogens is 2. The summed E-state index contributed by atoms with van der Waals surface area (Å²) >= 11 is 5.13. The molecule has 2 heteroatoms. The van der Waals surface area contributed by atoms with Gasteiger partial charge in [0.05, 0.1) is 1.43 Å². The van der Waals surface area contributed by atoms with Gasteiger partial charge in [-0.1, -0.05) is 97.6 Å². The van der Waals surface area contributed by atoms with Crippen molar-refractivity contribution in [1.29, 1.82) is 0 Å². The van der Waals surface area contributed by atoms with Crippen molar-refractivity contribution >= 4 is 45.2 Å². The van der Waals surface area contributed by atoms with Crippen molar-refractivity contribution in [1.82, 2.24) is 0 Å². The molecule has 0 fully saturated rings. The predicted octanol–water partition coefficient (Wildman–Crippen LogP) is 5.96. The lowest BCUT2D eigenvalue weighted by Gasteiger charge is -2.23. The van der Waals surface area contributed by atoms with Gasteiger partial charge in [0.15, 0.2) is 0 Å². The van der Waals surface area contributed by atoms with Crippen molar-refractivity contribution < 1.29 is 0 Å². The number of hydrogen-bond acceptors (Lipinski definition) is 0. The molecule has 0 radical (unpaired) electrons. The minimum absolute atomic E-state index is 0.443. The molecule has 0 heterocycles. The molecular formula is C12H24I2. The Morgan fingerprint density at radius 3 is 2.00 bits per heavy atom. The number of unbranched alkanes of at least 4 members (excludes halogenated alkanes) is 5. The third kappa shape index (κ3) is 8.74. The van der Waals surface area contributed by atoms with E-state index >= 15 is 0 Å². The van der Waals surface area contributed by atoms with Gasteiger partial charge in [0.25, 0.3) is 0 Å². The Kier molecular flexibility index (Phi) is 9.49. The summed E-state index contributed by atoms with van der Waals surface area (Å²) in [6.07, 6.45) is 9.92. The molecule has 0 spiro atoms. The Bertz CT molecular complexity index is 127. The quantitative estimate of drug-likeness (QED) is 0.257. The fraction of sp³-hybridized carbons (Fsp3) is 1.00. The van der Waals surface area contributed by atoms with Crippen LogP contribution >= 0.6 is 45.2 Å². The molecule has 0 aromatic heterocycles. The van der Waals surface area contributed by atoms with Crippen molar-refractivity contribution in [3.8, 4) is 0 Å². The van der Waals surface area contributed by atoms with E-state index < -0.39 is 0 Å². The summed E-state index contributed by atoms with van der Waals surface area (Å²) in [6, 6.07) is 0. The largest absolute Gasteiger partial charge is 0.0732 e. The molecule has 0 aromatic carbocycles. The van der Waals surface area contributed by atoms with Gasteiger partial charge in [-0.15, -0.1) is 0 Å². The van der Waals surface area contributed by atoms with Crippen LogP contribution in [0.4, 0.5) is 0 Å². The van der Waals surface area contributed by atoms with E-state index in [1.54, 1.807) is 0 Å². The second kappa shape index (κ2) is 8.59. The van der Waals surface area contributed by atoms with Crippen molar-refractivity contribution in [2.24, 2.45) is 5.92 Å². The van der Waals surface area contributed by atoms with Crippen molar-refractivity contribution in [3.63, 3.8) is 0 Å². The first-order valence-corrected chi connectivity index (χ1v) is 8.02. The molecule has 0 aromatic rings. The van der Waals surface area contributed by atoms with Crippen LogP contribution in [0, 0.1) is 5.92 Å². The highest BCUT2D eigenvalue weighted by atomic mass is 127. The Balaban J connectivity index is 3.28. The minimum atomic E-state index is 0.443. The number of alkyl halides is 2. The lowest BCUT2D eigenvalue weighted by atomic mass is 10.00. The third-order valence-electron chi connectivity index (χ3n) is 2.86. The zero-order valence-corrected chi connectivity index (χ0v) is 14.1. The average molecular weight is 422 g/mol. The summed E-state index contributed by atoms with van der Waals surface area (Å²) in [6.45, 7) is 6.99. The van der Waals surface area contributed by atoms with Crippen LogP contribution in [0.1, 0.15) is 65.7 Å². The summed E-state index contributed by atoms with van der Waals surface area (Å²) < 4.78 is 0.443. The van der Waals surface area contributed by atoms with E-state index in [0.29, 0.717) is 1.43 Å². The molecule has 1 unspecified atom stereocenters. The molecule has 0 N–H and O–H groups in total. The van der Waals surface area contributed by atoms with Gasteiger partial charge in [-0.3, -0.25) is 0 Å². The highest BCUT2D eigenvalue weighted by Crippen LogP contribution is 2.37. The summed E-state index contributed by atoms with van der Waals surface area (Å²) in [7, 11) is 0. The highest BCUT2D eigenvalue weighted by Gasteiger charge is 2.22. The zero-order chi connectivity index (χ0) is 11.0. The van der Waals surface area contributed by atoms with Gasteiger partial charge in [0.1, 0.15) is 0 Å². The molecule has 0 bridgehead atoms. The van der Waals surface area contributed by atoms with Crippen LogP contribution in [-0.4, -0.2) is 1.43 Å². The van der Waals surface area contributed by atoms with Crippen LogP contribution in [0.2, 0.25) is 0 Å². The van der Waals surface area contributed by atoms with E-state index in [1.807, 2.05) is 0 Å². The van der Waals surface area contributed by atoms with Crippen LogP contribution in [0.25, 0.3) is 0 Å². The fourth-order valence-corrected chi connectivity index (χ4v) is 2.11. The maximum Gasteiger partial charge on any atom is 0.0732 e. The molecule has 0 saturated heterocycles. The van der Waals surface area contributed by atoms with Crippen LogP contribution in [0.5, 0.6) is 0 Å². The van der Waals surface area contributed by atoms with E-state index in [2.05, 4.69) is 66.0 Å². The summed E-state index contributed by atoms with van der Waals surface area (Å²) in [5.74, 6) is 0.842. The Morgan fingerprint density at radius 1 is 1.00 bits per heavy atom. The van der Waals surface area contributed by atoms with Gasteiger partial charge in [0.2, 0.25) is 0 Å². The maximum atomic E-state index is 2.56. The Hall–Kier alpha value is 1.46. The summed E-state index contributed by atoms with van der Waals surface area (Å²) in [5.41, 5.74) is 0. The Labute approximate surface area is 117 Å². The smallest absolute Gasteiger partial charge is 0.0672 e. The second-order valence-electron chi connectivity index (χ2n) is 4.41. The standard InChI is InChI=1S/C12H24I2/c1-4-5-6-7-8-9-10-11(2)12(3,13)14/h11H,4-10H2,1-3H3. The Morgan fingerprint density at radius 2 is 1.50 bits per heavy atom. The van der Waals surface area contributed by atoms with E-state index in [4.69, 9.17) is 0 Å². The van der Waals surface area contributed by atoms with E-state index in [9.17, 15) is 0 Å². The highest BCUT2D eigenvalue weighted by molar-refractivity contribution is 14.2. The van der Waals surface area contributed by atoms with Gasteiger partial charge >= 0.3 is 0 Å². The monoisotopic (exact) mass is 422 g/mol. The van der Waals surface area contributed by atoms with E-state index in [-0.39, 0.29) is 0 Å². The van der Waals surface area contributed by atoms with Crippen molar-refractivity contribution in [3.05, 3.63) is 0 Å². The lowest BCUT2D eigenvalue weighted by molar-refractivity contribution is 0.481. The lowest BCUT2D eigenvalue weighted by Crippen LogP contribution is -2.16. The average Bonchev–Trinajstić information content (AvgIpc) is 2.09. The van der Waals surface area contributed by atoms with Gasteiger partial charge < -0.3 is 0 Å². The number of hydrogen-bond donors (Lipinski definition) is 0. The maximum absolute atomic E-state index is 2.56. The van der Waals surface area contributed by atoms with Crippen LogP contribution in [0.3, 0.4) is 0 Å². The first kappa shape index (κ1) is 15.5. The van der Waals surface area contributed by atoms with Crippen LogP contribution in [-0.2, 0) is 0 Å². The van der Waals surface area contributed by atoms with Crippen molar-refractivity contribution in [2.75, 3.05) is 0 Å². The van der Waals surface area contributed by atoms with Crippen LogP contribution < -0.4 is 0 Å². The fourth-order valence-electron chi connectivity index (χ4n) is 1.48. The molecule has 0 aliphatic carbocycles. The molecule has 0 rings (SSSR count). The molecular weight excluding hydrogens is 398 g/mol. The summed E-state index contributed by atoms with van der Waals surface area (Å²) in [4.78, 5) is 0. The third-order valence-corrected chi connectivity index (χ3v) is 4.98. The predicted molar refractivity (Wildman–Crippen MR) is 83.6 cm³/mol. The first-order valence-electron chi connectivity index (χ1n) is 5.86. The SMILES string of the molecule is CCCCCCCCC(C)C(C)(I)I. The van der Waals surface area contributed by atoms with Gasteiger partial charge in [0, 0.05) is 0 Å². The van der Waals surface area contributed by atoms with Gasteiger partial charge in [-0.25, -0.2) is 0 Å². The van der Waals surface area contributed by atoms with E-state index in [0.717, 1.165) is 5.92 Å². The van der Waals surface area contributed by atoms with Gasteiger partial charge in [-0.2, -0.15) is 0 Å². The van der Waals surface area contributed by atoms with Gasteiger partial charge in [-0.05, 0) is 19.3 Å². The molecule has 1 atom stereocenters. The van der Waals surface area contributed by atoms with Crippen LogP contribution in [0.15, 0.2) is 0 Å². The first-order chi connectivity index (χ1) is 6.48. The molecule has 0 amide bonds. The van der Waals surface area contributed by atoms with E-state index in [1.165, 1.54) is 44.9 Å². The molecule has 0 nitrogen and oxygen atoms in total.